The quantitative estimate of drug-likeness (QED) is 0.441. The van der Waals surface area contributed by atoms with E-state index in [4.69, 9.17) is 4.74 Å². The number of rotatable bonds is 6. The van der Waals surface area contributed by atoms with Gasteiger partial charge in [0.15, 0.2) is 4.80 Å². The molecular formula is C28H24N4O3S. The van der Waals surface area contributed by atoms with E-state index in [1.807, 2.05) is 79.7 Å². The molecule has 0 saturated heterocycles. The van der Waals surface area contributed by atoms with Crippen LogP contribution in [-0.4, -0.2) is 22.1 Å². The summed E-state index contributed by atoms with van der Waals surface area (Å²) >= 11 is 1.31. The highest BCUT2D eigenvalue weighted by atomic mass is 32.1. The van der Waals surface area contributed by atoms with E-state index < -0.39 is 6.04 Å². The molecule has 5 rings (SSSR count). The fourth-order valence-corrected chi connectivity index (χ4v) is 5.22. The fraction of sp³-hybridized carbons (Fsp3) is 0.143. The van der Waals surface area contributed by atoms with Gasteiger partial charge in [0.2, 0.25) is 0 Å². The molecule has 36 heavy (non-hydrogen) atoms. The number of amides is 1. The molecule has 1 aliphatic rings. The van der Waals surface area contributed by atoms with Crippen molar-refractivity contribution in [1.82, 2.24) is 9.55 Å². The molecule has 4 aromatic rings. The van der Waals surface area contributed by atoms with Crippen molar-refractivity contribution in [3.05, 3.63) is 121 Å². The van der Waals surface area contributed by atoms with Crippen LogP contribution in [-0.2, 0) is 4.79 Å². The summed E-state index contributed by atoms with van der Waals surface area (Å²) in [6, 6.07) is 19.8. The number of anilines is 1. The van der Waals surface area contributed by atoms with Crippen molar-refractivity contribution in [3.8, 4) is 5.75 Å². The molecule has 0 unspecified atom stereocenters. The zero-order chi connectivity index (χ0) is 25.1. The standard InChI is InChI=1S/C28H24N4O3S/c1-3-35-22-11-9-20(10-12-22)25-24(26(33)31-21-7-5-4-6-8-21)18(2)30-28-32(25)27(34)23(36-28)17-19-13-15-29-16-14-19/h4-17,25H,3H2,1-2H3,(H,31,33)/b23-17-/t25-/m0/s1. The van der Waals surface area contributed by atoms with Gasteiger partial charge in [-0.15, -0.1) is 0 Å². The topological polar surface area (TPSA) is 85.6 Å². The van der Waals surface area contributed by atoms with Crippen LogP contribution in [0.15, 0.2) is 100 Å². The van der Waals surface area contributed by atoms with Crippen molar-refractivity contribution >= 4 is 29.0 Å². The molecule has 8 heteroatoms. The normalized spacial score (nSPS) is 15.3. The van der Waals surface area contributed by atoms with Gasteiger partial charge in [0.05, 0.1) is 28.5 Å². The Hall–Kier alpha value is -4.30. The van der Waals surface area contributed by atoms with Crippen LogP contribution in [0.5, 0.6) is 5.75 Å². The number of hydrogen-bond acceptors (Lipinski definition) is 6. The van der Waals surface area contributed by atoms with E-state index in [0.717, 1.165) is 16.9 Å². The number of hydrogen-bond donors (Lipinski definition) is 1. The van der Waals surface area contributed by atoms with E-state index in [9.17, 15) is 9.59 Å². The summed E-state index contributed by atoms with van der Waals surface area (Å²) in [5.74, 6) is 0.423. The summed E-state index contributed by atoms with van der Waals surface area (Å²) in [4.78, 5) is 36.5. The second-order valence-corrected chi connectivity index (χ2v) is 9.19. The third-order valence-electron chi connectivity index (χ3n) is 5.81. The third kappa shape index (κ3) is 4.63. The minimum atomic E-state index is -0.639. The van der Waals surface area contributed by atoms with E-state index >= 15 is 0 Å². The number of thiazole rings is 1. The van der Waals surface area contributed by atoms with Crippen LogP contribution in [0.25, 0.3) is 6.08 Å². The molecule has 1 aliphatic heterocycles. The van der Waals surface area contributed by atoms with Crippen LogP contribution in [0.3, 0.4) is 0 Å². The van der Waals surface area contributed by atoms with E-state index in [-0.39, 0.29) is 11.5 Å². The molecule has 0 radical (unpaired) electrons. The Morgan fingerprint density at radius 2 is 1.81 bits per heavy atom. The van der Waals surface area contributed by atoms with Crippen molar-refractivity contribution in [1.29, 1.82) is 0 Å². The average molecular weight is 497 g/mol. The Kier molecular flexibility index (Phi) is 6.60. The zero-order valence-corrected chi connectivity index (χ0v) is 20.7. The second-order valence-electron chi connectivity index (χ2n) is 8.18. The molecule has 0 fully saturated rings. The van der Waals surface area contributed by atoms with Crippen LogP contribution in [0, 0.1) is 0 Å². The van der Waals surface area contributed by atoms with Crippen molar-refractivity contribution in [3.63, 3.8) is 0 Å². The lowest BCUT2D eigenvalue weighted by molar-refractivity contribution is -0.113. The SMILES string of the molecule is CCOc1ccc([C@H]2C(C(=O)Nc3ccccc3)=C(C)N=c3s/c(=C\c4ccncc4)c(=O)n32)cc1. The molecule has 0 aliphatic carbocycles. The molecule has 0 saturated carbocycles. The number of allylic oxidation sites excluding steroid dienone is 1. The van der Waals surface area contributed by atoms with Crippen LogP contribution < -0.4 is 24.9 Å². The maximum atomic E-state index is 13.7. The number of pyridine rings is 1. The van der Waals surface area contributed by atoms with Crippen molar-refractivity contribution in [2.45, 2.75) is 19.9 Å². The summed E-state index contributed by atoms with van der Waals surface area (Å²) in [7, 11) is 0. The fourth-order valence-electron chi connectivity index (χ4n) is 4.17. The smallest absolute Gasteiger partial charge is 0.271 e. The summed E-state index contributed by atoms with van der Waals surface area (Å²) < 4.78 is 7.75. The summed E-state index contributed by atoms with van der Waals surface area (Å²) in [6.07, 6.45) is 5.19. The maximum Gasteiger partial charge on any atom is 0.271 e. The van der Waals surface area contributed by atoms with Gasteiger partial charge in [-0.25, -0.2) is 4.99 Å². The Morgan fingerprint density at radius 1 is 1.08 bits per heavy atom. The molecule has 180 valence electrons. The van der Waals surface area contributed by atoms with Crippen molar-refractivity contribution in [2.24, 2.45) is 4.99 Å². The molecule has 2 aromatic carbocycles. The molecular weight excluding hydrogens is 472 g/mol. The predicted molar refractivity (Wildman–Crippen MR) is 141 cm³/mol. The van der Waals surface area contributed by atoms with E-state index in [1.54, 1.807) is 23.9 Å². The van der Waals surface area contributed by atoms with Crippen LogP contribution in [0.4, 0.5) is 5.69 Å². The lowest BCUT2D eigenvalue weighted by atomic mass is 9.95. The van der Waals surface area contributed by atoms with Gasteiger partial charge in [0.1, 0.15) is 5.75 Å². The van der Waals surface area contributed by atoms with Gasteiger partial charge in [0.25, 0.3) is 11.5 Å². The number of fused-ring (bicyclic) bond motifs is 1. The third-order valence-corrected chi connectivity index (χ3v) is 6.79. The van der Waals surface area contributed by atoms with Gasteiger partial charge in [-0.1, -0.05) is 41.7 Å². The minimum Gasteiger partial charge on any atom is -0.494 e. The van der Waals surface area contributed by atoms with E-state index in [0.29, 0.717) is 32.9 Å². The number of aromatic nitrogens is 2. The Bertz CT molecular complexity index is 1610. The Labute approximate surface area is 211 Å². The molecule has 1 amide bonds. The number of para-hydroxylation sites is 1. The first kappa shape index (κ1) is 23.4. The molecule has 7 nitrogen and oxygen atoms in total. The molecule has 0 spiro atoms. The summed E-state index contributed by atoms with van der Waals surface area (Å²) in [5, 5.41) is 2.96. The first-order valence-corrected chi connectivity index (χ1v) is 12.4. The molecule has 3 heterocycles. The summed E-state index contributed by atoms with van der Waals surface area (Å²) in [6.45, 7) is 4.28. The van der Waals surface area contributed by atoms with Gasteiger partial charge in [-0.05, 0) is 67.4 Å². The van der Waals surface area contributed by atoms with Crippen LogP contribution in [0.1, 0.15) is 31.0 Å². The first-order valence-electron chi connectivity index (χ1n) is 11.6. The number of nitrogens with one attached hydrogen (secondary N) is 1. The number of benzene rings is 2. The Balaban J connectivity index is 1.66. The number of nitrogens with zero attached hydrogens (tertiary/aromatic N) is 3. The average Bonchev–Trinajstić information content (AvgIpc) is 3.19. The lowest BCUT2D eigenvalue weighted by Crippen LogP contribution is -2.40. The summed E-state index contributed by atoms with van der Waals surface area (Å²) in [5.41, 5.74) is 3.12. The number of carbonyl (C=O) groups excluding carboxylic acids is 1. The van der Waals surface area contributed by atoms with Gasteiger partial charge in [-0.2, -0.15) is 0 Å². The number of ether oxygens (including phenoxy) is 1. The number of carbonyl (C=O) groups is 1. The predicted octanol–water partition coefficient (Wildman–Crippen LogP) is 3.67. The van der Waals surface area contributed by atoms with Gasteiger partial charge in [0, 0.05) is 18.1 Å². The largest absolute Gasteiger partial charge is 0.494 e. The second kappa shape index (κ2) is 10.1. The van der Waals surface area contributed by atoms with Gasteiger partial charge >= 0.3 is 0 Å². The highest BCUT2D eigenvalue weighted by Gasteiger charge is 2.32. The van der Waals surface area contributed by atoms with E-state index in [1.165, 1.54) is 11.3 Å². The highest BCUT2D eigenvalue weighted by molar-refractivity contribution is 7.07. The van der Waals surface area contributed by atoms with Crippen molar-refractivity contribution < 1.29 is 9.53 Å². The molecule has 1 N–H and O–H groups in total. The first-order chi connectivity index (χ1) is 17.5. The highest BCUT2D eigenvalue weighted by Crippen LogP contribution is 2.31. The van der Waals surface area contributed by atoms with Crippen LogP contribution in [0.2, 0.25) is 0 Å². The molecule has 1 atom stereocenters. The van der Waals surface area contributed by atoms with Gasteiger partial charge in [-0.3, -0.25) is 19.1 Å². The Morgan fingerprint density at radius 3 is 2.50 bits per heavy atom. The molecule has 2 aromatic heterocycles. The minimum absolute atomic E-state index is 0.202. The lowest BCUT2D eigenvalue weighted by Gasteiger charge is -2.25. The van der Waals surface area contributed by atoms with Crippen LogP contribution >= 0.6 is 11.3 Å². The monoisotopic (exact) mass is 496 g/mol. The zero-order valence-electron chi connectivity index (χ0n) is 19.8. The molecule has 0 bridgehead atoms. The van der Waals surface area contributed by atoms with Crippen molar-refractivity contribution in [2.75, 3.05) is 11.9 Å². The van der Waals surface area contributed by atoms with E-state index in [2.05, 4.69) is 15.3 Å². The maximum absolute atomic E-state index is 13.7. The van der Waals surface area contributed by atoms with Gasteiger partial charge < -0.3 is 10.1 Å².